The lowest BCUT2D eigenvalue weighted by molar-refractivity contribution is 0.0470. The molecule has 150 valence electrons. The first-order valence-electron chi connectivity index (χ1n) is 11.9. The zero-order chi connectivity index (χ0) is 18.4. The monoisotopic (exact) mass is 370 g/mol. The summed E-state index contributed by atoms with van der Waals surface area (Å²) < 4.78 is 6.12. The lowest BCUT2D eigenvalue weighted by atomic mass is 9.66. The molecule has 0 spiro atoms. The standard InChI is InChI=1S/C24H38N2O/c1-16-8-10-17(11-9-16)20-14-19-12-13-22(26(19)2)24(20)23-15-21(25-27-23)18-6-4-3-5-7-18/h15-20,22,24H,3-14H2,1-2H3/t16?,17?,19?,20-,22?,24+/m1/s1. The van der Waals surface area contributed by atoms with Crippen LogP contribution >= 0.6 is 0 Å². The van der Waals surface area contributed by atoms with Crippen molar-refractivity contribution in [2.45, 2.75) is 108 Å². The predicted octanol–water partition coefficient (Wildman–Crippen LogP) is 6.11. The third kappa shape index (κ3) is 3.39. The van der Waals surface area contributed by atoms with Crippen LogP contribution in [0.1, 0.15) is 107 Å². The summed E-state index contributed by atoms with van der Waals surface area (Å²) in [7, 11) is 2.37. The first kappa shape index (κ1) is 18.2. The smallest absolute Gasteiger partial charge is 0.141 e. The van der Waals surface area contributed by atoms with Gasteiger partial charge in [-0.25, -0.2) is 0 Å². The number of fused-ring (bicyclic) bond motifs is 2. The van der Waals surface area contributed by atoms with Crippen molar-refractivity contribution in [3.8, 4) is 0 Å². The first-order chi connectivity index (χ1) is 13.2. The summed E-state index contributed by atoms with van der Waals surface area (Å²) in [6.45, 7) is 2.44. The van der Waals surface area contributed by atoms with Crippen molar-refractivity contribution in [2.24, 2.45) is 17.8 Å². The number of nitrogens with zero attached hydrogens (tertiary/aromatic N) is 2. The minimum Gasteiger partial charge on any atom is -0.361 e. The minimum absolute atomic E-state index is 0.581. The summed E-state index contributed by atoms with van der Waals surface area (Å²) in [5, 5.41) is 4.62. The second-order valence-electron chi connectivity index (χ2n) is 10.4. The molecule has 2 unspecified atom stereocenters. The van der Waals surface area contributed by atoms with Crippen molar-refractivity contribution in [1.29, 1.82) is 0 Å². The Morgan fingerprint density at radius 1 is 0.963 bits per heavy atom. The van der Waals surface area contributed by atoms with Gasteiger partial charge in [-0.1, -0.05) is 44.2 Å². The lowest BCUT2D eigenvalue weighted by Crippen LogP contribution is -2.47. The minimum atomic E-state index is 0.581. The van der Waals surface area contributed by atoms with Crippen LogP contribution in [0.5, 0.6) is 0 Å². The zero-order valence-electron chi connectivity index (χ0n) is 17.4. The molecule has 0 aromatic carbocycles. The van der Waals surface area contributed by atoms with E-state index in [0.29, 0.717) is 17.9 Å². The summed E-state index contributed by atoms with van der Waals surface area (Å²) in [4.78, 5) is 2.69. The van der Waals surface area contributed by atoms with Gasteiger partial charge < -0.3 is 4.52 Å². The van der Waals surface area contributed by atoms with Crippen molar-refractivity contribution >= 4 is 0 Å². The van der Waals surface area contributed by atoms with Crippen LogP contribution in [0.4, 0.5) is 0 Å². The highest BCUT2D eigenvalue weighted by Crippen LogP contribution is 2.52. The van der Waals surface area contributed by atoms with E-state index in [1.165, 1.54) is 88.5 Å². The molecule has 3 heterocycles. The number of hydrogen-bond donors (Lipinski definition) is 0. The van der Waals surface area contributed by atoms with Crippen LogP contribution < -0.4 is 0 Å². The molecule has 0 amide bonds. The molecule has 2 aliphatic heterocycles. The Balaban J connectivity index is 1.41. The summed E-state index contributed by atoms with van der Waals surface area (Å²) in [5.74, 6) is 5.13. The van der Waals surface area contributed by atoms with Gasteiger partial charge in [0.2, 0.25) is 0 Å². The van der Waals surface area contributed by atoms with Crippen LogP contribution in [0, 0.1) is 17.8 Å². The van der Waals surface area contributed by atoms with Gasteiger partial charge in [0.25, 0.3) is 0 Å². The molecule has 5 rings (SSSR count). The van der Waals surface area contributed by atoms with Crippen LogP contribution in [0.25, 0.3) is 0 Å². The molecule has 2 bridgehead atoms. The predicted molar refractivity (Wildman–Crippen MR) is 109 cm³/mol. The van der Waals surface area contributed by atoms with Gasteiger partial charge in [-0.05, 0) is 69.7 Å². The van der Waals surface area contributed by atoms with Crippen molar-refractivity contribution in [3.63, 3.8) is 0 Å². The topological polar surface area (TPSA) is 29.3 Å². The van der Waals surface area contributed by atoms with Crippen LogP contribution in [-0.4, -0.2) is 29.2 Å². The highest BCUT2D eigenvalue weighted by Gasteiger charge is 2.50. The van der Waals surface area contributed by atoms with Crippen LogP contribution in [-0.2, 0) is 0 Å². The Hall–Kier alpha value is -0.830. The third-order valence-corrected chi connectivity index (χ3v) is 8.88. The van der Waals surface area contributed by atoms with Gasteiger partial charge in [0.15, 0.2) is 0 Å². The van der Waals surface area contributed by atoms with Crippen molar-refractivity contribution in [2.75, 3.05) is 7.05 Å². The number of rotatable bonds is 3. The number of aromatic nitrogens is 1. The fraction of sp³-hybridized carbons (Fsp3) is 0.875. The molecule has 1 aromatic heterocycles. The molecule has 3 heteroatoms. The Bertz CT molecular complexity index is 626. The van der Waals surface area contributed by atoms with Gasteiger partial charge in [0.05, 0.1) is 5.69 Å². The molecule has 2 saturated heterocycles. The summed E-state index contributed by atoms with van der Waals surface area (Å²) in [6.07, 6.45) is 16.6. The van der Waals surface area contributed by atoms with Crippen molar-refractivity contribution in [3.05, 3.63) is 17.5 Å². The van der Waals surface area contributed by atoms with E-state index >= 15 is 0 Å². The molecule has 4 aliphatic rings. The fourth-order valence-corrected chi connectivity index (χ4v) is 7.16. The Labute approximate surface area is 165 Å². The van der Waals surface area contributed by atoms with E-state index in [4.69, 9.17) is 4.52 Å². The molecule has 3 nitrogen and oxygen atoms in total. The molecule has 4 fully saturated rings. The molecule has 4 atom stereocenters. The van der Waals surface area contributed by atoms with Gasteiger partial charge in [-0.15, -0.1) is 0 Å². The maximum atomic E-state index is 6.12. The quantitative estimate of drug-likeness (QED) is 0.642. The summed E-state index contributed by atoms with van der Waals surface area (Å²) in [6, 6.07) is 3.89. The van der Waals surface area contributed by atoms with E-state index in [0.717, 1.165) is 23.8 Å². The molecule has 27 heavy (non-hydrogen) atoms. The lowest BCUT2D eigenvalue weighted by Gasteiger charge is -2.46. The number of piperidine rings is 1. The van der Waals surface area contributed by atoms with E-state index in [-0.39, 0.29) is 0 Å². The zero-order valence-corrected chi connectivity index (χ0v) is 17.4. The first-order valence-corrected chi connectivity index (χ1v) is 11.9. The van der Waals surface area contributed by atoms with Crippen LogP contribution in [0.15, 0.2) is 10.6 Å². The molecule has 0 radical (unpaired) electrons. The third-order valence-electron chi connectivity index (χ3n) is 8.88. The number of hydrogen-bond acceptors (Lipinski definition) is 3. The molecular weight excluding hydrogens is 332 g/mol. The maximum Gasteiger partial charge on any atom is 0.141 e. The summed E-state index contributed by atoms with van der Waals surface area (Å²) >= 11 is 0. The SMILES string of the molecule is CC1CCC([C@H]2CC3CCC([C@H]2c2cc(C4CCCCC4)no2)N3C)CC1. The van der Waals surface area contributed by atoms with E-state index in [2.05, 4.69) is 30.1 Å². The average Bonchev–Trinajstić information content (AvgIpc) is 3.26. The van der Waals surface area contributed by atoms with E-state index in [1.807, 2.05) is 0 Å². The Kier molecular flexibility index (Phi) is 5.08. The fourth-order valence-electron chi connectivity index (χ4n) is 7.16. The molecule has 2 saturated carbocycles. The van der Waals surface area contributed by atoms with E-state index in [1.54, 1.807) is 0 Å². The van der Waals surface area contributed by atoms with Crippen molar-refractivity contribution in [1.82, 2.24) is 10.1 Å². The molecule has 1 aromatic rings. The van der Waals surface area contributed by atoms with Gasteiger partial charge in [0, 0.05) is 30.0 Å². The Morgan fingerprint density at radius 3 is 2.52 bits per heavy atom. The van der Waals surface area contributed by atoms with Gasteiger partial charge in [-0.2, -0.15) is 0 Å². The van der Waals surface area contributed by atoms with Crippen molar-refractivity contribution < 1.29 is 4.52 Å². The second-order valence-corrected chi connectivity index (χ2v) is 10.4. The molecular formula is C24H38N2O. The van der Waals surface area contributed by atoms with Crippen LogP contribution in [0.3, 0.4) is 0 Å². The summed E-state index contributed by atoms with van der Waals surface area (Å²) in [5.41, 5.74) is 1.27. The van der Waals surface area contributed by atoms with E-state index in [9.17, 15) is 0 Å². The molecule has 2 aliphatic carbocycles. The van der Waals surface area contributed by atoms with Gasteiger partial charge in [0.1, 0.15) is 5.76 Å². The van der Waals surface area contributed by atoms with Gasteiger partial charge >= 0.3 is 0 Å². The van der Waals surface area contributed by atoms with Gasteiger partial charge in [-0.3, -0.25) is 4.90 Å². The van der Waals surface area contributed by atoms with Crippen LogP contribution in [0.2, 0.25) is 0 Å². The molecule has 0 N–H and O–H groups in total. The normalized spacial score (nSPS) is 41.1. The van der Waals surface area contributed by atoms with E-state index < -0.39 is 0 Å². The number of likely N-dealkylation sites (N-methyl/N-ethyl adjacent to an activating group) is 1. The average molecular weight is 371 g/mol. The largest absolute Gasteiger partial charge is 0.361 e. The second kappa shape index (κ2) is 7.54. The highest BCUT2D eigenvalue weighted by atomic mass is 16.5. The highest BCUT2D eigenvalue weighted by molar-refractivity contribution is 5.20. The Morgan fingerprint density at radius 2 is 1.74 bits per heavy atom. The maximum absolute atomic E-state index is 6.12.